The standard InChI is InChI=1S/C30H28O3/c1-21-5-7-22(8-6-21)23-9-15-26(16-10-23)30(2,3)27-17-11-24(12-18-27)25-13-19-28(20-14-25)33-29(31)32-4/h5-20H,1-4H3. The molecule has 0 aromatic heterocycles. The summed E-state index contributed by atoms with van der Waals surface area (Å²) in [7, 11) is 1.29. The number of carbonyl (C=O) groups excluding carboxylic acids is 1. The molecule has 0 aliphatic rings. The predicted molar refractivity (Wildman–Crippen MR) is 134 cm³/mol. The van der Waals surface area contributed by atoms with Crippen LogP contribution >= 0.6 is 0 Å². The Labute approximate surface area is 195 Å². The normalized spacial score (nSPS) is 11.2. The highest BCUT2D eigenvalue weighted by Gasteiger charge is 2.23. The zero-order valence-corrected chi connectivity index (χ0v) is 19.5. The van der Waals surface area contributed by atoms with E-state index in [1.807, 2.05) is 12.1 Å². The van der Waals surface area contributed by atoms with Gasteiger partial charge in [0.25, 0.3) is 0 Å². The molecule has 0 unspecified atom stereocenters. The molecule has 0 bridgehead atoms. The number of carbonyl (C=O) groups is 1. The molecule has 0 saturated carbocycles. The van der Waals surface area contributed by atoms with Crippen LogP contribution in [0.4, 0.5) is 4.79 Å². The van der Waals surface area contributed by atoms with Crippen LogP contribution in [0.5, 0.6) is 5.75 Å². The van der Waals surface area contributed by atoms with Crippen LogP contribution in [0, 0.1) is 6.92 Å². The molecule has 33 heavy (non-hydrogen) atoms. The monoisotopic (exact) mass is 436 g/mol. The average Bonchev–Trinajstić information content (AvgIpc) is 2.85. The number of hydrogen-bond donors (Lipinski definition) is 0. The third-order valence-electron chi connectivity index (χ3n) is 6.15. The van der Waals surface area contributed by atoms with E-state index in [1.54, 1.807) is 12.1 Å². The van der Waals surface area contributed by atoms with Crippen molar-refractivity contribution in [3.05, 3.63) is 114 Å². The van der Waals surface area contributed by atoms with Gasteiger partial charge in [-0.05, 0) is 52.4 Å². The van der Waals surface area contributed by atoms with E-state index in [9.17, 15) is 4.79 Å². The molecule has 0 spiro atoms. The van der Waals surface area contributed by atoms with Crippen LogP contribution in [0.2, 0.25) is 0 Å². The molecule has 3 nitrogen and oxygen atoms in total. The number of aryl methyl sites for hydroxylation is 1. The van der Waals surface area contributed by atoms with Crippen molar-refractivity contribution < 1.29 is 14.3 Å². The molecule has 4 aromatic rings. The van der Waals surface area contributed by atoms with Gasteiger partial charge in [0.15, 0.2) is 0 Å². The molecule has 4 rings (SSSR count). The minimum Gasteiger partial charge on any atom is -0.437 e. The van der Waals surface area contributed by atoms with Gasteiger partial charge < -0.3 is 9.47 Å². The summed E-state index contributed by atoms with van der Waals surface area (Å²) in [5, 5.41) is 0. The van der Waals surface area contributed by atoms with Crippen molar-refractivity contribution in [3.63, 3.8) is 0 Å². The smallest absolute Gasteiger partial charge is 0.437 e. The van der Waals surface area contributed by atoms with Crippen molar-refractivity contribution in [3.8, 4) is 28.0 Å². The third kappa shape index (κ3) is 4.98. The summed E-state index contributed by atoms with van der Waals surface area (Å²) in [5.74, 6) is 0.456. The molecular weight excluding hydrogens is 408 g/mol. The number of methoxy groups -OCH3 is 1. The Morgan fingerprint density at radius 2 is 0.970 bits per heavy atom. The van der Waals surface area contributed by atoms with Crippen LogP contribution < -0.4 is 4.74 Å². The van der Waals surface area contributed by atoms with Crippen molar-refractivity contribution in [2.45, 2.75) is 26.2 Å². The van der Waals surface area contributed by atoms with E-state index in [-0.39, 0.29) is 5.41 Å². The lowest BCUT2D eigenvalue weighted by molar-refractivity contribution is 0.121. The van der Waals surface area contributed by atoms with Crippen molar-refractivity contribution in [1.29, 1.82) is 0 Å². The van der Waals surface area contributed by atoms with E-state index < -0.39 is 6.16 Å². The van der Waals surface area contributed by atoms with Gasteiger partial charge in [0.05, 0.1) is 7.11 Å². The van der Waals surface area contributed by atoms with Gasteiger partial charge in [0.2, 0.25) is 0 Å². The first-order valence-corrected chi connectivity index (χ1v) is 11.0. The molecule has 0 fully saturated rings. The van der Waals surface area contributed by atoms with E-state index in [0.29, 0.717) is 5.75 Å². The van der Waals surface area contributed by atoms with Crippen LogP contribution in [0.15, 0.2) is 97.1 Å². The van der Waals surface area contributed by atoms with Gasteiger partial charge >= 0.3 is 6.16 Å². The van der Waals surface area contributed by atoms with Crippen molar-refractivity contribution in [2.24, 2.45) is 0 Å². The number of hydrogen-bond acceptors (Lipinski definition) is 3. The first kappa shape index (κ1) is 22.3. The summed E-state index contributed by atoms with van der Waals surface area (Å²) in [6.45, 7) is 6.61. The molecule has 0 aliphatic carbocycles. The zero-order valence-electron chi connectivity index (χ0n) is 19.5. The van der Waals surface area contributed by atoms with Crippen LogP contribution in [-0.2, 0) is 10.2 Å². The van der Waals surface area contributed by atoms with Gasteiger partial charge in [0.1, 0.15) is 5.75 Å². The highest BCUT2D eigenvalue weighted by Crippen LogP contribution is 2.34. The molecule has 0 N–H and O–H groups in total. The quantitative estimate of drug-likeness (QED) is 0.236. The van der Waals surface area contributed by atoms with Crippen LogP contribution in [0.1, 0.15) is 30.5 Å². The minimum absolute atomic E-state index is 0.122. The maximum absolute atomic E-state index is 11.2. The summed E-state index contributed by atoms with van der Waals surface area (Å²) in [5.41, 5.74) is 8.29. The molecule has 3 heteroatoms. The zero-order chi connectivity index (χ0) is 23.4. The second-order valence-electron chi connectivity index (χ2n) is 8.73. The molecule has 4 aromatic carbocycles. The number of ether oxygens (including phenoxy) is 2. The second kappa shape index (κ2) is 9.33. The highest BCUT2D eigenvalue weighted by atomic mass is 16.7. The lowest BCUT2D eigenvalue weighted by Crippen LogP contribution is -2.18. The topological polar surface area (TPSA) is 35.5 Å². The highest BCUT2D eigenvalue weighted by molar-refractivity contribution is 5.68. The van der Waals surface area contributed by atoms with Gasteiger partial charge in [-0.3, -0.25) is 0 Å². The molecule has 0 aliphatic heterocycles. The predicted octanol–water partition coefficient (Wildman–Crippen LogP) is 7.80. The Balaban J connectivity index is 1.51. The van der Waals surface area contributed by atoms with Crippen LogP contribution in [0.3, 0.4) is 0 Å². The summed E-state index contributed by atoms with van der Waals surface area (Å²) >= 11 is 0. The molecule has 0 saturated heterocycles. The van der Waals surface area contributed by atoms with E-state index in [2.05, 4.69) is 98.3 Å². The minimum atomic E-state index is -0.721. The number of benzene rings is 4. The SMILES string of the molecule is COC(=O)Oc1ccc(-c2ccc(C(C)(C)c3ccc(-c4ccc(C)cc4)cc3)cc2)cc1. The Hall–Kier alpha value is -3.85. The average molecular weight is 437 g/mol. The van der Waals surface area contributed by atoms with Gasteiger partial charge in [-0.1, -0.05) is 104 Å². The lowest BCUT2D eigenvalue weighted by atomic mass is 9.77. The van der Waals surface area contributed by atoms with E-state index in [1.165, 1.54) is 34.9 Å². The first-order chi connectivity index (χ1) is 15.9. The second-order valence-corrected chi connectivity index (χ2v) is 8.73. The fourth-order valence-corrected chi connectivity index (χ4v) is 3.92. The summed E-state index contributed by atoms with van der Waals surface area (Å²) in [4.78, 5) is 11.2. The number of rotatable bonds is 5. The van der Waals surface area contributed by atoms with Gasteiger partial charge in [-0.15, -0.1) is 0 Å². The van der Waals surface area contributed by atoms with Crippen molar-refractivity contribution in [1.82, 2.24) is 0 Å². The fourth-order valence-electron chi connectivity index (χ4n) is 3.92. The maximum Gasteiger partial charge on any atom is 0.513 e. The summed E-state index contributed by atoms with van der Waals surface area (Å²) in [6.07, 6.45) is -0.721. The Kier molecular flexibility index (Phi) is 6.32. The van der Waals surface area contributed by atoms with Crippen molar-refractivity contribution in [2.75, 3.05) is 7.11 Å². The molecular formula is C30H28O3. The Bertz CT molecular complexity index is 1220. The Morgan fingerprint density at radius 1 is 0.606 bits per heavy atom. The fraction of sp³-hybridized carbons (Fsp3) is 0.167. The lowest BCUT2D eigenvalue weighted by Gasteiger charge is -2.26. The van der Waals surface area contributed by atoms with E-state index in [0.717, 1.165) is 11.1 Å². The third-order valence-corrected chi connectivity index (χ3v) is 6.15. The van der Waals surface area contributed by atoms with Gasteiger partial charge in [-0.2, -0.15) is 0 Å². The molecule has 0 radical (unpaired) electrons. The van der Waals surface area contributed by atoms with Crippen LogP contribution in [-0.4, -0.2) is 13.3 Å². The van der Waals surface area contributed by atoms with E-state index >= 15 is 0 Å². The maximum atomic E-state index is 11.2. The van der Waals surface area contributed by atoms with Crippen molar-refractivity contribution >= 4 is 6.16 Å². The Morgan fingerprint density at radius 3 is 1.36 bits per heavy atom. The summed E-state index contributed by atoms with van der Waals surface area (Å²) < 4.78 is 9.57. The first-order valence-electron chi connectivity index (χ1n) is 11.0. The molecule has 0 amide bonds. The van der Waals surface area contributed by atoms with Gasteiger partial charge in [-0.25, -0.2) is 4.79 Å². The van der Waals surface area contributed by atoms with E-state index in [4.69, 9.17) is 4.74 Å². The molecule has 0 heterocycles. The largest absolute Gasteiger partial charge is 0.513 e. The van der Waals surface area contributed by atoms with Crippen LogP contribution in [0.25, 0.3) is 22.3 Å². The molecule has 166 valence electrons. The molecule has 0 atom stereocenters. The van der Waals surface area contributed by atoms with Gasteiger partial charge in [0, 0.05) is 5.41 Å². The summed E-state index contributed by atoms with van der Waals surface area (Å²) in [6, 6.07) is 33.5.